The molecule has 1 saturated heterocycles. The number of piperazine rings is 1. The summed E-state index contributed by atoms with van der Waals surface area (Å²) in [6.45, 7) is 3.38. The Morgan fingerprint density at radius 3 is 2.61 bits per heavy atom. The zero-order chi connectivity index (χ0) is 19.7. The van der Waals surface area contributed by atoms with Crippen molar-refractivity contribution >= 4 is 23.1 Å². The lowest BCUT2D eigenvalue weighted by molar-refractivity contribution is -0.00558. The maximum Gasteiger partial charge on any atom is 0.264 e. The van der Waals surface area contributed by atoms with Crippen molar-refractivity contribution in [3.63, 3.8) is 0 Å². The molecule has 0 saturated carbocycles. The molecule has 0 spiro atoms. The van der Waals surface area contributed by atoms with Crippen LogP contribution < -0.4 is 14.5 Å². The van der Waals surface area contributed by atoms with Crippen LogP contribution in [-0.2, 0) is 0 Å². The third-order valence-electron chi connectivity index (χ3n) is 5.09. The Morgan fingerprint density at radius 1 is 1.07 bits per heavy atom. The molecule has 2 aliphatic heterocycles. The lowest BCUT2D eigenvalue weighted by atomic mass is 10.2. The minimum atomic E-state index is -2.51. The highest BCUT2D eigenvalue weighted by Gasteiger charge is 2.30. The monoisotopic (exact) mass is 410 g/mol. The number of pyridine rings is 1. The number of fused-ring (bicyclic) bond motifs is 1. The number of alkyl halides is 2. The first-order chi connectivity index (χ1) is 13.5. The SMILES string of the molecule is OC(N1CCN(c2cc(C(F)F)ccn2)CC1)N1CCOc2cc(Cl)ccc21. The van der Waals surface area contributed by atoms with Gasteiger partial charge < -0.3 is 19.6 Å². The minimum absolute atomic E-state index is 0.0314. The smallest absolute Gasteiger partial charge is 0.264 e. The quantitative estimate of drug-likeness (QED) is 0.836. The van der Waals surface area contributed by atoms with Gasteiger partial charge >= 0.3 is 0 Å². The Labute approximate surface area is 166 Å². The average Bonchev–Trinajstić information content (AvgIpc) is 2.72. The molecule has 2 aliphatic rings. The molecule has 28 heavy (non-hydrogen) atoms. The number of nitrogens with zero attached hydrogens (tertiary/aromatic N) is 4. The van der Waals surface area contributed by atoms with Crippen molar-refractivity contribution in [2.75, 3.05) is 49.1 Å². The van der Waals surface area contributed by atoms with Gasteiger partial charge in [0.1, 0.15) is 18.2 Å². The van der Waals surface area contributed by atoms with Crippen LogP contribution >= 0.6 is 11.6 Å². The average molecular weight is 411 g/mol. The van der Waals surface area contributed by atoms with Gasteiger partial charge in [-0.25, -0.2) is 13.8 Å². The molecule has 1 aromatic heterocycles. The molecule has 0 radical (unpaired) electrons. The zero-order valence-electron chi connectivity index (χ0n) is 15.1. The van der Waals surface area contributed by atoms with Crippen LogP contribution in [0.1, 0.15) is 12.0 Å². The summed E-state index contributed by atoms with van der Waals surface area (Å²) in [6.07, 6.45) is -1.90. The van der Waals surface area contributed by atoms with Crippen molar-refractivity contribution in [2.45, 2.75) is 12.8 Å². The van der Waals surface area contributed by atoms with E-state index in [-0.39, 0.29) is 5.56 Å². The Kier molecular flexibility index (Phi) is 5.52. The van der Waals surface area contributed by atoms with Gasteiger partial charge in [0.2, 0.25) is 0 Å². The van der Waals surface area contributed by atoms with Crippen LogP contribution in [0.5, 0.6) is 5.75 Å². The normalized spacial score (nSPS) is 18.8. The van der Waals surface area contributed by atoms with Gasteiger partial charge in [-0.15, -0.1) is 0 Å². The summed E-state index contributed by atoms with van der Waals surface area (Å²) in [7, 11) is 0. The summed E-state index contributed by atoms with van der Waals surface area (Å²) < 4.78 is 31.5. The van der Waals surface area contributed by atoms with Gasteiger partial charge in [0.15, 0.2) is 6.35 Å². The molecular formula is C19H21ClF2N4O2. The van der Waals surface area contributed by atoms with E-state index >= 15 is 0 Å². The van der Waals surface area contributed by atoms with Crippen molar-refractivity contribution in [3.05, 3.63) is 47.1 Å². The lowest BCUT2D eigenvalue weighted by Gasteiger charge is -2.43. The first kappa shape index (κ1) is 19.2. The molecular weight excluding hydrogens is 390 g/mol. The molecule has 1 fully saturated rings. The maximum absolute atomic E-state index is 12.9. The number of hydrogen-bond acceptors (Lipinski definition) is 6. The standard InChI is InChI=1S/C19H21ClF2N4O2/c20-14-1-2-15-16(12-14)28-10-9-26(15)19(27)25-7-5-24(6-8-25)17-11-13(18(21)22)3-4-23-17/h1-4,11-12,18-19,27H,5-10H2. The van der Waals surface area contributed by atoms with Crippen molar-refractivity contribution in [1.29, 1.82) is 0 Å². The number of aromatic nitrogens is 1. The molecule has 9 heteroatoms. The number of benzene rings is 1. The molecule has 1 atom stereocenters. The van der Waals surface area contributed by atoms with Crippen LogP contribution in [0.25, 0.3) is 0 Å². The third kappa shape index (κ3) is 3.85. The van der Waals surface area contributed by atoms with E-state index in [9.17, 15) is 13.9 Å². The molecule has 1 aromatic carbocycles. The van der Waals surface area contributed by atoms with Crippen LogP contribution in [0, 0.1) is 0 Å². The van der Waals surface area contributed by atoms with Crippen molar-refractivity contribution in [2.24, 2.45) is 0 Å². The summed E-state index contributed by atoms with van der Waals surface area (Å²) in [5.74, 6) is 1.20. The van der Waals surface area contributed by atoms with Gasteiger partial charge in [0.25, 0.3) is 6.43 Å². The molecule has 0 amide bonds. The molecule has 1 N–H and O–H groups in total. The molecule has 3 heterocycles. The third-order valence-corrected chi connectivity index (χ3v) is 5.32. The van der Waals surface area contributed by atoms with Crippen LogP contribution in [0.15, 0.2) is 36.5 Å². The number of halogens is 3. The fraction of sp³-hybridized carbons (Fsp3) is 0.421. The molecule has 150 valence electrons. The van der Waals surface area contributed by atoms with Crippen LogP contribution in [0.2, 0.25) is 5.02 Å². The largest absolute Gasteiger partial charge is 0.490 e. The Hall–Kier alpha value is -2.16. The number of rotatable bonds is 4. The predicted octanol–water partition coefficient (Wildman–Crippen LogP) is 2.97. The Bertz CT molecular complexity index is 833. The minimum Gasteiger partial charge on any atom is -0.490 e. The highest BCUT2D eigenvalue weighted by Crippen LogP contribution is 2.35. The van der Waals surface area contributed by atoms with Crippen molar-refractivity contribution in [1.82, 2.24) is 9.88 Å². The van der Waals surface area contributed by atoms with E-state index < -0.39 is 12.8 Å². The number of hydrogen-bond donors (Lipinski definition) is 1. The highest BCUT2D eigenvalue weighted by molar-refractivity contribution is 6.30. The van der Waals surface area contributed by atoms with E-state index in [2.05, 4.69) is 4.98 Å². The number of anilines is 2. The van der Waals surface area contributed by atoms with Gasteiger partial charge in [0.05, 0.1) is 12.2 Å². The van der Waals surface area contributed by atoms with E-state index in [1.54, 1.807) is 12.1 Å². The van der Waals surface area contributed by atoms with Gasteiger partial charge in [-0.05, 0) is 24.3 Å². The van der Waals surface area contributed by atoms with Gasteiger partial charge in [-0.2, -0.15) is 0 Å². The second kappa shape index (κ2) is 8.06. The number of ether oxygens (including phenoxy) is 1. The number of aliphatic hydroxyl groups is 1. The van der Waals surface area contributed by atoms with Crippen molar-refractivity contribution < 1.29 is 18.6 Å². The maximum atomic E-state index is 12.9. The summed E-state index contributed by atoms with van der Waals surface area (Å²) in [4.78, 5) is 10.0. The Balaban J connectivity index is 1.42. The van der Waals surface area contributed by atoms with E-state index in [0.717, 1.165) is 5.69 Å². The van der Waals surface area contributed by atoms with Crippen LogP contribution in [0.4, 0.5) is 20.3 Å². The fourth-order valence-electron chi connectivity index (χ4n) is 3.58. The summed E-state index contributed by atoms with van der Waals surface area (Å²) in [6, 6.07) is 8.12. The second-order valence-electron chi connectivity index (χ2n) is 6.77. The topological polar surface area (TPSA) is 52.1 Å². The van der Waals surface area contributed by atoms with Crippen LogP contribution in [0.3, 0.4) is 0 Å². The number of aliphatic hydroxyl groups excluding tert-OH is 1. The molecule has 2 aromatic rings. The molecule has 4 rings (SSSR count). The summed E-state index contributed by atoms with van der Waals surface area (Å²) >= 11 is 6.03. The Morgan fingerprint density at radius 2 is 1.86 bits per heavy atom. The van der Waals surface area contributed by atoms with Crippen LogP contribution in [-0.4, -0.2) is 60.7 Å². The molecule has 1 unspecified atom stereocenters. The second-order valence-corrected chi connectivity index (χ2v) is 7.21. The molecule has 0 aliphatic carbocycles. The first-order valence-corrected chi connectivity index (χ1v) is 9.51. The zero-order valence-corrected chi connectivity index (χ0v) is 15.9. The van der Waals surface area contributed by atoms with Gasteiger partial charge in [-0.3, -0.25) is 4.90 Å². The van der Waals surface area contributed by atoms with Gasteiger partial charge in [-0.1, -0.05) is 11.6 Å². The van der Waals surface area contributed by atoms with E-state index in [1.165, 1.54) is 18.3 Å². The van der Waals surface area contributed by atoms with Crippen molar-refractivity contribution in [3.8, 4) is 5.75 Å². The predicted molar refractivity (Wildman–Crippen MR) is 103 cm³/mol. The molecule has 0 bridgehead atoms. The highest BCUT2D eigenvalue weighted by atomic mass is 35.5. The molecule has 6 nitrogen and oxygen atoms in total. The fourth-order valence-corrected chi connectivity index (χ4v) is 3.74. The first-order valence-electron chi connectivity index (χ1n) is 9.13. The lowest BCUT2D eigenvalue weighted by Crippen LogP contribution is -2.57. The van der Waals surface area contributed by atoms with E-state index in [4.69, 9.17) is 16.3 Å². The van der Waals surface area contributed by atoms with Gasteiger partial charge in [0, 0.05) is 49.0 Å². The summed E-state index contributed by atoms with van der Waals surface area (Å²) in [5.41, 5.74) is 0.771. The van der Waals surface area contributed by atoms with E-state index in [0.29, 0.717) is 55.9 Å². The van der Waals surface area contributed by atoms with E-state index in [1.807, 2.05) is 20.8 Å². The summed E-state index contributed by atoms with van der Waals surface area (Å²) in [5, 5.41) is 11.5.